The van der Waals surface area contributed by atoms with E-state index in [0.717, 1.165) is 27.7 Å². The molecular formula is C26H21FN4O2. The lowest BCUT2D eigenvalue weighted by Gasteiger charge is -2.17. The van der Waals surface area contributed by atoms with E-state index in [4.69, 9.17) is 0 Å². The van der Waals surface area contributed by atoms with Crippen LogP contribution in [-0.4, -0.2) is 26.5 Å². The van der Waals surface area contributed by atoms with Gasteiger partial charge in [0.2, 0.25) is 0 Å². The van der Waals surface area contributed by atoms with Gasteiger partial charge in [0, 0.05) is 34.8 Å². The average Bonchev–Trinajstić information content (AvgIpc) is 3.42. The van der Waals surface area contributed by atoms with E-state index in [1.54, 1.807) is 29.1 Å². The zero-order valence-corrected chi connectivity index (χ0v) is 17.9. The molecule has 0 aliphatic heterocycles. The van der Waals surface area contributed by atoms with Crippen LogP contribution >= 0.6 is 0 Å². The van der Waals surface area contributed by atoms with Crippen molar-refractivity contribution in [1.29, 1.82) is 0 Å². The molecule has 0 saturated carbocycles. The summed E-state index contributed by atoms with van der Waals surface area (Å²) in [5.74, 6) is -0.638. The van der Waals surface area contributed by atoms with Gasteiger partial charge < -0.3 is 10.3 Å². The van der Waals surface area contributed by atoms with Gasteiger partial charge >= 0.3 is 0 Å². The lowest BCUT2D eigenvalue weighted by atomic mass is 9.93. The molecule has 1 amide bonds. The molecule has 0 spiro atoms. The molecule has 33 heavy (non-hydrogen) atoms. The molecule has 6 nitrogen and oxygen atoms in total. The van der Waals surface area contributed by atoms with Crippen LogP contribution in [0.3, 0.4) is 0 Å². The highest BCUT2D eigenvalue weighted by molar-refractivity contribution is 6.23. The molecule has 2 aromatic carbocycles. The van der Waals surface area contributed by atoms with E-state index in [1.165, 1.54) is 18.3 Å². The summed E-state index contributed by atoms with van der Waals surface area (Å²) >= 11 is 0. The maximum atomic E-state index is 13.4. The van der Waals surface area contributed by atoms with Crippen LogP contribution in [-0.2, 0) is 11.3 Å². The molecular weight excluding hydrogens is 419 g/mol. The average molecular weight is 440 g/mol. The fraction of sp³-hybridized carbons (Fsp3) is 0.115. The topological polar surface area (TPSA) is 79.8 Å². The smallest absolute Gasteiger partial charge is 0.258 e. The molecule has 0 fully saturated rings. The Labute approximate surface area is 189 Å². The van der Waals surface area contributed by atoms with Crippen LogP contribution in [0.2, 0.25) is 0 Å². The zero-order chi connectivity index (χ0) is 22.9. The monoisotopic (exact) mass is 440 g/mol. The summed E-state index contributed by atoms with van der Waals surface area (Å²) in [6.07, 6.45) is 5.05. The number of aromatic nitrogens is 3. The number of carbonyl (C=O) groups is 2. The van der Waals surface area contributed by atoms with Crippen LogP contribution in [0.15, 0.2) is 84.3 Å². The second kappa shape index (κ2) is 8.35. The van der Waals surface area contributed by atoms with Gasteiger partial charge in [-0.1, -0.05) is 30.3 Å². The number of para-hydroxylation sites is 1. The Bertz CT molecular complexity index is 1420. The number of hydrogen-bond acceptors (Lipinski definition) is 3. The second-order valence-electron chi connectivity index (χ2n) is 8.13. The maximum absolute atomic E-state index is 13.4. The van der Waals surface area contributed by atoms with Gasteiger partial charge in [0.25, 0.3) is 5.91 Å². The quantitative estimate of drug-likeness (QED) is 0.476. The number of nitrogens with one attached hydrogen (secondary N) is 2. The Hall–Kier alpha value is -4.26. The van der Waals surface area contributed by atoms with Gasteiger partial charge in [-0.15, -0.1) is 0 Å². The van der Waals surface area contributed by atoms with Crippen molar-refractivity contribution in [2.45, 2.75) is 19.9 Å². The van der Waals surface area contributed by atoms with Crippen molar-refractivity contribution < 1.29 is 14.0 Å². The minimum Gasteiger partial charge on any atom is -0.354 e. The molecule has 2 N–H and O–H groups in total. The van der Waals surface area contributed by atoms with Crippen molar-refractivity contribution in [3.05, 3.63) is 107 Å². The molecule has 164 valence electrons. The fourth-order valence-electron chi connectivity index (χ4n) is 3.95. The largest absolute Gasteiger partial charge is 0.354 e. The number of benzene rings is 2. The van der Waals surface area contributed by atoms with Crippen molar-refractivity contribution in [1.82, 2.24) is 20.1 Å². The second-order valence-corrected chi connectivity index (χ2v) is 8.13. The molecule has 2 aromatic heterocycles. The van der Waals surface area contributed by atoms with E-state index in [2.05, 4.69) is 15.4 Å². The molecule has 0 unspecified atom stereocenters. The molecule has 5 rings (SSSR count). The lowest BCUT2D eigenvalue weighted by molar-refractivity contribution is -0.113. The van der Waals surface area contributed by atoms with Gasteiger partial charge in [0.1, 0.15) is 5.82 Å². The number of rotatable bonds is 5. The van der Waals surface area contributed by atoms with Crippen molar-refractivity contribution in [2.75, 3.05) is 0 Å². The number of halogens is 1. The van der Waals surface area contributed by atoms with Crippen LogP contribution in [0.25, 0.3) is 16.5 Å². The van der Waals surface area contributed by atoms with Crippen LogP contribution in [0.4, 0.5) is 4.39 Å². The number of carbonyl (C=O) groups excluding carboxylic acids is 2. The first-order valence-electron chi connectivity index (χ1n) is 10.6. The highest BCUT2D eigenvalue weighted by Crippen LogP contribution is 2.28. The first-order chi connectivity index (χ1) is 16.0. The van der Waals surface area contributed by atoms with E-state index >= 15 is 0 Å². The first-order valence-corrected chi connectivity index (χ1v) is 10.6. The van der Waals surface area contributed by atoms with Crippen LogP contribution in [0.5, 0.6) is 0 Å². The van der Waals surface area contributed by atoms with Crippen LogP contribution in [0, 0.1) is 5.82 Å². The first kappa shape index (κ1) is 20.6. The Morgan fingerprint density at radius 2 is 2.03 bits per heavy atom. The van der Waals surface area contributed by atoms with Crippen molar-refractivity contribution in [3.63, 3.8) is 0 Å². The third-order valence-electron chi connectivity index (χ3n) is 5.67. The highest BCUT2D eigenvalue weighted by Gasteiger charge is 2.23. The Morgan fingerprint density at radius 3 is 2.85 bits per heavy atom. The number of ketones is 1. The van der Waals surface area contributed by atoms with Gasteiger partial charge in [-0.3, -0.25) is 14.3 Å². The summed E-state index contributed by atoms with van der Waals surface area (Å²) in [6.45, 7) is 2.19. The predicted octanol–water partition coefficient (Wildman–Crippen LogP) is 4.61. The van der Waals surface area contributed by atoms with Crippen molar-refractivity contribution in [2.24, 2.45) is 0 Å². The van der Waals surface area contributed by atoms with E-state index in [-0.39, 0.29) is 23.9 Å². The number of amides is 1. The van der Waals surface area contributed by atoms with Gasteiger partial charge in [0.05, 0.1) is 24.0 Å². The van der Waals surface area contributed by atoms with Crippen molar-refractivity contribution >= 4 is 28.2 Å². The van der Waals surface area contributed by atoms with E-state index < -0.39 is 0 Å². The van der Waals surface area contributed by atoms with Crippen LogP contribution < -0.4 is 5.32 Å². The minimum atomic E-state index is -0.323. The Balaban J connectivity index is 1.36. The molecule has 2 heterocycles. The molecule has 0 saturated heterocycles. The SMILES string of the molecule is CC1=C(NC(=O)c2cnn(Cc3cccc(F)c3)c2)C=C(c2cc3ccccc3[nH]2)C(=O)C1. The van der Waals surface area contributed by atoms with E-state index in [1.807, 2.05) is 37.3 Å². The molecule has 4 aromatic rings. The summed E-state index contributed by atoms with van der Waals surface area (Å²) in [7, 11) is 0. The molecule has 0 radical (unpaired) electrons. The zero-order valence-electron chi connectivity index (χ0n) is 17.9. The fourth-order valence-corrected chi connectivity index (χ4v) is 3.95. The summed E-state index contributed by atoms with van der Waals surface area (Å²) in [5, 5.41) is 8.14. The number of hydrogen-bond donors (Lipinski definition) is 2. The van der Waals surface area contributed by atoms with Crippen LogP contribution in [0.1, 0.15) is 35.0 Å². The number of nitrogens with zero attached hydrogens (tertiary/aromatic N) is 2. The van der Waals surface area contributed by atoms with E-state index in [9.17, 15) is 14.0 Å². The Kier molecular flexibility index (Phi) is 5.22. The normalized spacial score (nSPS) is 14.0. The molecule has 1 aliphatic rings. The third kappa shape index (κ3) is 4.25. The Morgan fingerprint density at radius 1 is 1.18 bits per heavy atom. The molecule has 7 heteroatoms. The highest BCUT2D eigenvalue weighted by atomic mass is 19.1. The summed E-state index contributed by atoms with van der Waals surface area (Å²) in [5.41, 5.74) is 4.73. The summed E-state index contributed by atoms with van der Waals surface area (Å²) < 4.78 is 15.0. The summed E-state index contributed by atoms with van der Waals surface area (Å²) in [4.78, 5) is 28.9. The number of Topliss-reactive ketones (excluding diaryl/α,β-unsaturated/α-hetero) is 1. The number of H-pyrrole nitrogens is 1. The number of aromatic amines is 1. The molecule has 0 atom stereocenters. The van der Waals surface area contributed by atoms with Gasteiger partial charge in [-0.05, 0) is 48.4 Å². The van der Waals surface area contributed by atoms with Gasteiger partial charge in [-0.25, -0.2) is 4.39 Å². The van der Waals surface area contributed by atoms with Gasteiger partial charge in [-0.2, -0.15) is 5.10 Å². The number of allylic oxidation sites excluding steroid dienone is 3. The third-order valence-corrected chi connectivity index (χ3v) is 5.67. The van der Waals surface area contributed by atoms with Crippen molar-refractivity contribution in [3.8, 4) is 0 Å². The lowest BCUT2D eigenvalue weighted by Crippen LogP contribution is -2.25. The molecule has 1 aliphatic carbocycles. The number of fused-ring (bicyclic) bond motifs is 1. The maximum Gasteiger partial charge on any atom is 0.258 e. The van der Waals surface area contributed by atoms with Gasteiger partial charge in [0.15, 0.2) is 5.78 Å². The standard InChI is InChI=1S/C26H21FN4O2/c1-16-9-25(32)21(24-11-18-6-2-3-8-22(18)29-24)12-23(16)30-26(33)19-13-28-31(15-19)14-17-5-4-7-20(27)10-17/h2-8,10-13,15,29H,9,14H2,1H3,(H,30,33). The minimum absolute atomic E-state index is 0.0000296. The molecule has 0 bridgehead atoms. The summed E-state index contributed by atoms with van der Waals surface area (Å²) in [6, 6.07) is 16.0. The predicted molar refractivity (Wildman–Crippen MR) is 124 cm³/mol. The van der Waals surface area contributed by atoms with E-state index in [0.29, 0.717) is 23.4 Å².